The summed E-state index contributed by atoms with van der Waals surface area (Å²) >= 11 is 0. The van der Waals surface area contributed by atoms with Crippen LogP contribution in [0.25, 0.3) is 0 Å². The van der Waals surface area contributed by atoms with Gasteiger partial charge in [0.25, 0.3) is 5.91 Å². The van der Waals surface area contributed by atoms with Crippen LogP contribution < -0.4 is 21.3 Å². The van der Waals surface area contributed by atoms with Crippen molar-refractivity contribution in [2.75, 3.05) is 39.8 Å². The molecule has 4 atom stereocenters. The molecular formula is C35H59N7O6. The molecule has 3 rings (SSSR count). The monoisotopic (exact) mass is 673 g/mol. The summed E-state index contributed by atoms with van der Waals surface area (Å²) in [6.45, 7) is 13.7. The van der Waals surface area contributed by atoms with Gasteiger partial charge in [-0.05, 0) is 49.9 Å². The van der Waals surface area contributed by atoms with E-state index in [2.05, 4.69) is 27.8 Å². The molecule has 0 bridgehead atoms. The number of carbonyl (C=O) groups is 6. The number of Topliss-reactive ketones (excluding diaryl/α,β-unsaturated/α-hetero) is 1. The molecule has 2 saturated heterocycles. The first kappa shape index (κ1) is 38.8. The largest absolute Gasteiger partial charge is 0.346 e. The number of carbonyl (C=O) groups excluding carboxylic acids is 6. The Morgan fingerprint density at radius 1 is 0.938 bits per heavy atom. The maximum atomic E-state index is 14.3. The predicted octanol–water partition coefficient (Wildman–Crippen LogP) is 2.94. The van der Waals surface area contributed by atoms with Gasteiger partial charge in [-0.2, -0.15) is 0 Å². The zero-order chi connectivity index (χ0) is 35.4. The zero-order valence-electron chi connectivity index (χ0n) is 29.8. The molecule has 13 heteroatoms. The molecule has 1 aliphatic carbocycles. The SMILES string of the molecule is C=CCNC(=O)C(=O)C(CCCC)NC(=O)[C@@H]1CCCN1C(=O)[C@@H](NC(=O)N[C@H](CN1CCCN(C)C1=O)C(C)(C)C)C1CCCCC1. The molecule has 0 aromatic carbocycles. The smallest absolute Gasteiger partial charge is 0.319 e. The molecule has 2 aliphatic heterocycles. The van der Waals surface area contributed by atoms with Crippen LogP contribution in [-0.4, -0.2) is 114 Å². The second-order valence-electron chi connectivity index (χ2n) is 14.7. The summed E-state index contributed by atoms with van der Waals surface area (Å²) in [5.41, 5.74) is -0.371. The normalized spacial score (nSPS) is 20.8. The van der Waals surface area contributed by atoms with E-state index in [9.17, 15) is 28.8 Å². The molecule has 7 amide bonds. The van der Waals surface area contributed by atoms with E-state index in [1.807, 2.05) is 27.7 Å². The van der Waals surface area contributed by atoms with Gasteiger partial charge in [-0.15, -0.1) is 6.58 Å². The quantitative estimate of drug-likeness (QED) is 0.155. The average Bonchev–Trinajstić information content (AvgIpc) is 3.56. The maximum absolute atomic E-state index is 14.3. The lowest BCUT2D eigenvalue weighted by atomic mass is 9.83. The van der Waals surface area contributed by atoms with Crippen molar-refractivity contribution in [3.05, 3.63) is 12.7 Å². The lowest BCUT2D eigenvalue weighted by Crippen LogP contribution is -2.61. The number of urea groups is 2. The molecule has 3 aliphatic rings. The number of amides is 7. The summed E-state index contributed by atoms with van der Waals surface area (Å²) in [6, 6.07) is -3.56. The number of hydrogen-bond acceptors (Lipinski definition) is 6. The summed E-state index contributed by atoms with van der Waals surface area (Å²) in [7, 11) is 1.78. The van der Waals surface area contributed by atoms with Gasteiger partial charge in [-0.1, -0.05) is 65.9 Å². The van der Waals surface area contributed by atoms with Crippen LogP contribution in [0.5, 0.6) is 0 Å². The standard InChI is InChI=1S/C35H59N7O6/c1-7-9-17-25(29(43)31(45)36-19-8-2)37-30(44)26-18-13-22-42(26)32(46)28(24-15-11-10-12-16-24)39-33(47)38-27(35(3,4)5)23-41-21-14-20-40(6)34(41)48/h8,24-28H,2,7,9-23H2,1,3-6H3,(H,36,45)(H,37,44)(H2,38,39,47)/t25?,26-,27+,28-/m0/s1. The number of likely N-dealkylation sites (tertiary alicyclic amines) is 1. The molecule has 1 saturated carbocycles. The van der Waals surface area contributed by atoms with Gasteiger partial charge in [0, 0.05) is 39.8 Å². The van der Waals surface area contributed by atoms with Gasteiger partial charge < -0.3 is 36.0 Å². The highest BCUT2D eigenvalue weighted by Crippen LogP contribution is 2.30. The number of unbranched alkanes of at least 4 members (excludes halogenated alkanes) is 1. The van der Waals surface area contributed by atoms with E-state index >= 15 is 0 Å². The van der Waals surface area contributed by atoms with E-state index in [1.165, 1.54) is 11.0 Å². The van der Waals surface area contributed by atoms with E-state index in [0.717, 1.165) is 44.9 Å². The molecule has 48 heavy (non-hydrogen) atoms. The van der Waals surface area contributed by atoms with Crippen LogP contribution >= 0.6 is 0 Å². The van der Waals surface area contributed by atoms with E-state index in [4.69, 9.17) is 0 Å². The lowest BCUT2D eigenvalue weighted by Gasteiger charge is -2.40. The van der Waals surface area contributed by atoms with Crippen LogP contribution in [0.3, 0.4) is 0 Å². The highest BCUT2D eigenvalue weighted by Gasteiger charge is 2.42. The number of nitrogens with one attached hydrogen (secondary N) is 4. The third-order valence-electron chi connectivity index (χ3n) is 9.89. The highest BCUT2D eigenvalue weighted by molar-refractivity contribution is 6.38. The van der Waals surface area contributed by atoms with Gasteiger partial charge in [-0.3, -0.25) is 19.2 Å². The van der Waals surface area contributed by atoms with Crippen LogP contribution in [0, 0.1) is 11.3 Å². The highest BCUT2D eigenvalue weighted by atomic mass is 16.2. The molecule has 2 heterocycles. The number of nitrogens with zero attached hydrogens (tertiary/aromatic N) is 3. The third-order valence-corrected chi connectivity index (χ3v) is 9.89. The minimum Gasteiger partial charge on any atom is -0.346 e. The second-order valence-corrected chi connectivity index (χ2v) is 14.7. The van der Waals surface area contributed by atoms with Crippen LogP contribution in [-0.2, 0) is 19.2 Å². The van der Waals surface area contributed by atoms with Gasteiger partial charge >= 0.3 is 12.1 Å². The average molecular weight is 674 g/mol. The molecule has 270 valence electrons. The second kappa shape index (κ2) is 18.2. The number of rotatable bonds is 15. The fraction of sp³-hybridized carbons (Fsp3) is 0.771. The van der Waals surface area contributed by atoms with Gasteiger partial charge in [0.15, 0.2) is 0 Å². The van der Waals surface area contributed by atoms with Crippen molar-refractivity contribution in [1.29, 1.82) is 0 Å². The molecule has 1 unspecified atom stereocenters. The van der Waals surface area contributed by atoms with E-state index in [0.29, 0.717) is 51.9 Å². The van der Waals surface area contributed by atoms with E-state index in [1.54, 1.807) is 16.8 Å². The van der Waals surface area contributed by atoms with Crippen molar-refractivity contribution in [3.8, 4) is 0 Å². The van der Waals surface area contributed by atoms with Crippen molar-refractivity contribution in [1.82, 2.24) is 36.0 Å². The predicted molar refractivity (Wildman–Crippen MR) is 184 cm³/mol. The van der Waals surface area contributed by atoms with Gasteiger partial charge in [0.2, 0.25) is 17.6 Å². The minimum absolute atomic E-state index is 0.0673. The first-order valence-electron chi connectivity index (χ1n) is 17.9. The van der Waals surface area contributed by atoms with Crippen molar-refractivity contribution in [3.63, 3.8) is 0 Å². The molecule has 0 spiro atoms. The maximum Gasteiger partial charge on any atom is 0.319 e. The summed E-state index contributed by atoms with van der Waals surface area (Å²) < 4.78 is 0. The van der Waals surface area contributed by atoms with Crippen LogP contribution in [0.15, 0.2) is 12.7 Å². The molecule has 4 N–H and O–H groups in total. The first-order valence-corrected chi connectivity index (χ1v) is 17.9. The van der Waals surface area contributed by atoms with Crippen LogP contribution in [0.4, 0.5) is 9.59 Å². The number of ketones is 1. The van der Waals surface area contributed by atoms with Crippen LogP contribution in [0.2, 0.25) is 0 Å². The molecular weight excluding hydrogens is 614 g/mol. The van der Waals surface area contributed by atoms with Crippen LogP contribution in [0.1, 0.15) is 98.3 Å². The number of hydrogen-bond donors (Lipinski definition) is 4. The Kier molecular flexibility index (Phi) is 14.7. The Hall–Kier alpha value is -3.64. The van der Waals surface area contributed by atoms with E-state index < -0.39 is 41.8 Å². The van der Waals surface area contributed by atoms with Gasteiger partial charge in [0.05, 0.1) is 12.1 Å². The summed E-state index contributed by atoms with van der Waals surface area (Å²) in [4.78, 5) is 84.8. The Bertz CT molecular complexity index is 1160. The van der Waals surface area contributed by atoms with Gasteiger partial charge in [0.1, 0.15) is 12.1 Å². The molecule has 3 fully saturated rings. The van der Waals surface area contributed by atoms with Crippen molar-refractivity contribution in [2.24, 2.45) is 11.3 Å². The Labute approximate surface area is 286 Å². The fourth-order valence-electron chi connectivity index (χ4n) is 6.88. The lowest BCUT2D eigenvalue weighted by molar-refractivity contribution is -0.143. The fourth-order valence-corrected chi connectivity index (χ4v) is 6.88. The van der Waals surface area contributed by atoms with Crippen molar-refractivity contribution in [2.45, 2.75) is 122 Å². The Balaban J connectivity index is 1.76. The Morgan fingerprint density at radius 3 is 2.29 bits per heavy atom. The summed E-state index contributed by atoms with van der Waals surface area (Å²) in [5.74, 6) is -2.37. The molecule has 13 nitrogen and oxygen atoms in total. The summed E-state index contributed by atoms with van der Waals surface area (Å²) in [5, 5.41) is 11.3. The molecule has 0 aromatic heterocycles. The summed E-state index contributed by atoms with van der Waals surface area (Å²) in [6.07, 6.45) is 9.61. The van der Waals surface area contributed by atoms with Crippen molar-refractivity contribution >= 4 is 35.6 Å². The first-order chi connectivity index (χ1) is 22.8. The third kappa shape index (κ3) is 10.7. The van der Waals surface area contributed by atoms with E-state index in [-0.39, 0.29) is 35.9 Å². The zero-order valence-corrected chi connectivity index (χ0v) is 29.8. The molecule has 0 radical (unpaired) electrons. The molecule has 0 aromatic rings. The minimum atomic E-state index is -1.00. The topological polar surface area (TPSA) is 160 Å². The Morgan fingerprint density at radius 2 is 1.65 bits per heavy atom. The van der Waals surface area contributed by atoms with Crippen molar-refractivity contribution < 1.29 is 28.8 Å². The van der Waals surface area contributed by atoms with Gasteiger partial charge in [-0.25, -0.2) is 9.59 Å².